The number of hydroxylamine groups is 2. The Morgan fingerprint density at radius 1 is 1.18 bits per heavy atom. The Balaban J connectivity index is 2.35. The molecule has 0 aromatic heterocycles. The molecule has 2 rings (SSSR count). The molecule has 92 valence electrons. The van der Waals surface area contributed by atoms with Gasteiger partial charge in [0.2, 0.25) is 5.72 Å². The van der Waals surface area contributed by atoms with E-state index in [1.54, 1.807) is 12.1 Å². The standard InChI is InChI=1S/C14H19NO2/c1-13(2,3)11-5-7-12(8-6-11)15(17)10-9-14(15,4)16/h5-10,16H,1-4H3. The van der Waals surface area contributed by atoms with Crippen LogP contribution in [0.1, 0.15) is 33.3 Å². The van der Waals surface area contributed by atoms with Gasteiger partial charge in [-0.2, -0.15) is 0 Å². The number of benzene rings is 1. The van der Waals surface area contributed by atoms with E-state index in [0.29, 0.717) is 5.69 Å². The Labute approximate surface area is 102 Å². The zero-order valence-electron chi connectivity index (χ0n) is 10.8. The lowest BCUT2D eigenvalue weighted by Crippen LogP contribution is -2.61. The molecule has 0 amide bonds. The Kier molecular flexibility index (Phi) is 2.47. The van der Waals surface area contributed by atoms with Gasteiger partial charge in [0.15, 0.2) is 0 Å². The van der Waals surface area contributed by atoms with Crippen molar-refractivity contribution in [3.8, 4) is 0 Å². The van der Waals surface area contributed by atoms with Crippen LogP contribution in [0.15, 0.2) is 36.5 Å². The molecular formula is C14H19NO2. The molecule has 0 saturated heterocycles. The van der Waals surface area contributed by atoms with Crippen LogP contribution in [0.2, 0.25) is 0 Å². The normalized spacial score (nSPS) is 32.4. The summed E-state index contributed by atoms with van der Waals surface area (Å²) in [7, 11) is 0. The molecule has 1 aromatic carbocycles. The molecule has 2 atom stereocenters. The quantitative estimate of drug-likeness (QED) is 0.598. The van der Waals surface area contributed by atoms with Gasteiger partial charge in [-0.1, -0.05) is 32.9 Å². The van der Waals surface area contributed by atoms with Crippen molar-refractivity contribution in [2.24, 2.45) is 0 Å². The van der Waals surface area contributed by atoms with Crippen LogP contribution < -0.4 is 4.65 Å². The molecule has 2 unspecified atom stereocenters. The number of rotatable bonds is 1. The van der Waals surface area contributed by atoms with E-state index in [1.165, 1.54) is 24.8 Å². The van der Waals surface area contributed by atoms with Crippen LogP contribution in [0, 0.1) is 5.21 Å². The molecule has 1 aromatic rings. The van der Waals surface area contributed by atoms with Crippen molar-refractivity contribution in [1.29, 1.82) is 0 Å². The van der Waals surface area contributed by atoms with E-state index in [1.807, 2.05) is 12.1 Å². The first-order valence-electron chi connectivity index (χ1n) is 5.80. The van der Waals surface area contributed by atoms with Crippen molar-refractivity contribution in [3.05, 3.63) is 47.3 Å². The van der Waals surface area contributed by atoms with Crippen LogP contribution in [0.25, 0.3) is 0 Å². The summed E-state index contributed by atoms with van der Waals surface area (Å²) in [6.07, 6.45) is 2.99. The van der Waals surface area contributed by atoms with Gasteiger partial charge in [0, 0.05) is 19.1 Å². The maximum Gasteiger partial charge on any atom is 0.231 e. The van der Waals surface area contributed by atoms with Gasteiger partial charge in [-0.25, -0.2) is 0 Å². The molecule has 0 fully saturated rings. The van der Waals surface area contributed by atoms with Crippen LogP contribution in [0.3, 0.4) is 0 Å². The summed E-state index contributed by atoms with van der Waals surface area (Å²) in [5, 5.41) is 22.3. The molecule has 1 aliphatic heterocycles. The van der Waals surface area contributed by atoms with E-state index in [9.17, 15) is 10.3 Å². The summed E-state index contributed by atoms with van der Waals surface area (Å²) in [5.41, 5.74) is 0.463. The molecule has 3 heteroatoms. The topological polar surface area (TPSA) is 43.3 Å². The van der Waals surface area contributed by atoms with Gasteiger partial charge in [0.25, 0.3) is 0 Å². The van der Waals surface area contributed by atoms with Crippen molar-refractivity contribution in [2.45, 2.75) is 38.8 Å². The largest absolute Gasteiger partial charge is 0.620 e. The summed E-state index contributed by atoms with van der Waals surface area (Å²) in [6.45, 7) is 7.91. The monoisotopic (exact) mass is 233 g/mol. The lowest BCUT2D eigenvalue weighted by Gasteiger charge is -2.52. The lowest BCUT2D eigenvalue weighted by molar-refractivity contribution is -0.0171. The van der Waals surface area contributed by atoms with Crippen molar-refractivity contribution in [3.63, 3.8) is 0 Å². The van der Waals surface area contributed by atoms with Crippen LogP contribution in [0.5, 0.6) is 0 Å². The highest BCUT2D eigenvalue weighted by Gasteiger charge is 2.45. The average Bonchev–Trinajstić information content (AvgIpc) is 2.25. The van der Waals surface area contributed by atoms with Gasteiger partial charge in [-0.15, -0.1) is 0 Å². The minimum Gasteiger partial charge on any atom is -0.620 e. The summed E-state index contributed by atoms with van der Waals surface area (Å²) >= 11 is 0. The highest BCUT2D eigenvalue weighted by Crippen LogP contribution is 2.39. The zero-order valence-corrected chi connectivity index (χ0v) is 10.8. The number of aliphatic hydroxyl groups is 1. The molecule has 1 aliphatic rings. The number of nitrogens with zero attached hydrogens (tertiary/aromatic N) is 1. The minimum absolute atomic E-state index is 0.0690. The SMILES string of the molecule is CC(C)(C)c1ccc([N+]2([O-])C=CC2(C)O)cc1. The second-order valence-corrected chi connectivity index (χ2v) is 5.86. The summed E-state index contributed by atoms with van der Waals surface area (Å²) in [5.74, 6) is 0. The number of hydrogen-bond acceptors (Lipinski definition) is 2. The molecule has 1 heterocycles. The molecular weight excluding hydrogens is 214 g/mol. The Morgan fingerprint density at radius 3 is 2.00 bits per heavy atom. The summed E-state index contributed by atoms with van der Waals surface area (Å²) in [6, 6.07) is 7.50. The first kappa shape index (κ1) is 12.3. The molecule has 0 aliphatic carbocycles. The molecule has 1 N–H and O–H groups in total. The Bertz CT molecular complexity index is 454. The Morgan fingerprint density at radius 2 is 1.71 bits per heavy atom. The number of hydrogen-bond donors (Lipinski definition) is 1. The van der Waals surface area contributed by atoms with Gasteiger partial charge >= 0.3 is 0 Å². The summed E-state index contributed by atoms with van der Waals surface area (Å²) in [4.78, 5) is 0. The third-order valence-corrected chi connectivity index (χ3v) is 3.39. The van der Waals surface area contributed by atoms with Crippen molar-refractivity contribution < 1.29 is 5.11 Å². The third kappa shape index (κ3) is 1.80. The molecule has 0 saturated carbocycles. The maximum atomic E-state index is 12.4. The van der Waals surface area contributed by atoms with Crippen molar-refractivity contribution in [1.82, 2.24) is 4.65 Å². The molecule has 3 nitrogen and oxygen atoms in total. The van der Waals surface area contributed by atoms with E-state index >= 15 is 0 Å². The van der Waals surface area contributed by atoms with Gasteiger partial charge in [0.05, 0.1) is 6.08 Å². The van der Waals surface area contributed by atoms with E-state index in [4.69, 9.17) is 0 Å². The van der Waals surface area contributed by atoms with Crippen molar-refractivity contribution in [2.75, 3.05) is 0 Å². The second-order valence-electron chi connectivity index (χ2n) is 5.86. The predicted octanol–water partition coefficient (Wildman–Crippen LogP) is 3.03. The second kappa shape index (κ2) is 3.42. The fourth-order valence-electron chi connectivity index (χ4n) is 1.96. The van der Waals surface area contributed by atoms with Gasteiger partial charge < -0.3 is 10.3 Å². The van der Waals surface area contributed by atoms with Crippen LogP contribution >= 0.6 is 0 Å². The molecule has 17 heavy (non-hydrogen) atoms. The van der Waals surface area contributed by atoms with E-state index in [0.717, 1.165) is 0 Å². The highest BCUT2D eigenvalue weighted by molar-refractivity contribution is 5.54. The first-order valence-corrected chi connectivity index (χ1v) is 5.80. The van der Waals surface area contributed by atoms with Crippen LogP contribution in [-0.4, -0.2) is 10.8 Å². The fourth-order valence-corrected chi connectivity index (χ4v) is 1.96. The smallest absolute Gasteiger partial charge is 0.231 e. The van der Waals surface area contributed by atoms with Crippen LogP contribution in [-0.2, 0) is 5.41 Å². The zero-order chi connectivity index (χ0) is 12.9. The van der Waals surface area contributed by atoms with Crippen molar-refractivity contribution >= 4 is 5.69 Å². The predicted molar refractivity (Wildman–Crippen MR) is 70.1 cm³/mol. The van der Waals surface area contributed by atoms with E-state index < -0.39 is 10.4 Å². The Hall–Kier alpha value is -1.16. The molecule has 0 spiro atoms. The third-order valence-electron chi connectivity index (χ3n) is 3.39. The summed E-state index contributed by atoms with van der Waals surface area (Å²) < 4.78 is -0.794. The van der Waals surface area contributed by atoms with Gasteiger partial charge in [-0.05, 0) is 11.0 Å². The van der Waals surface area contributed by atoms with Gasteiger partial charge in [0.1, 0.15) is 11.9 Å². The van der Waals surface area contributed by atoms with E-state index in [-0.39, 0.29) is 5.41 Å². The minimum atomic E-state index is -1.34. The molecule has 0 bridgehead atoms. The fraction of sp³-hybridized carbons (Fsp3) is 0.429. The van der Waals surface area contributed by atoms with Crippen LogP contribution in [0.4, 0.5) is 5.69 Å². The van der Waals surface area contributed by atoms with Gasteiger partial charge in [-0.3, -0.25) is 4.65 Å². The number of quaternary nitrogens is 1. The molecule has 0 radical (unpaired) electrons. The average molecular weight is 233 g/mol. The van der Waals surface area contributed by atoms with E-state index in [2.05, 4.69) is 20.8 Å². The first-order chi connectivity index (χ1) is 7.67. The lowest BCUT2D eigenvalue weighted by atomic mass is 9.87. The highest BCUT2D eigenvalue weighted by atomic mass is 16.6. The maximum absolute atomic E-state index is 12.4.